The summed E-state index contributed by atoms with van der Waals surface area (Å²) in [4.78, 5) is 8.48. The van der Waals surface area contributed by atoms with Crippen LogP contribution in [0.25, 0.3) is 0 Å². The van der Waals surface area contributed by atoms with Gasteiger partial charge < -0.3 is 10.6 Å². The molecule has 0 spiro atoms. The Morgan fingerprint density at radius 3 is 2.47 bits per heavy atom. The Hall–Kier alpha value is -1.32. The Balaban J connectivity index is 2.95. The maximum absolute atomic E-state index is 4.28. The van der Waals surface area contributed by atoms with E-state index in [2.05, 4.69) is 41.4 Å². The van der Waals surface area contributed by atoms with E-state index in [1.54, 1.807) is 6.33 Å². The van der Waals surface area contributed by atoms with Crippen molar-refractivity contribution in [2.45, 2.75) is 39.7 Å². The van der Waals surface area contributed by atoms with E-state index < -0.39 is 0 Å². The zero-order valence-electron chi connectivity index (χ0n) is 9.96. The van der Waals surface area contributed by atoms with E-state index in [1.165, 1.54) is 0 Å². The fourth-order valence-electron chi connectivity index (χ4n) is 1.42. The summed E-state index contributed by atoms with van der Waals surface area (Å²) in [6, 6.07) is 0.440. The van der Waals surface area contributed by atoms with Crippen LogP contribution in [0, 0.1) is 0 Å². The third kappa shape index (κ3) is 2.81. The van der Waals surface area contributed by atoms with Gasteiger partial charge in [0.15, 0.2) is 0 Å². The lowest BCUT2D eigenvalue weighted by molar-refractivity contribution is 0.755. The minimum Gasteiger partial charge on any atom is -0.373 e. The highest BCUT2D eigenvalue weighted by molar-refractivity contribution is 5.57. The molecule has 0 saturated heterocycles. The van der Waals surface area contributed by atoms with Crippen molar-refractivity contribution < 1.29 is 0 Å². The van der Waals surface area contributed by atoms with Gasteiger partial charge in [-0.15, -0.1) is 0 Å². The molecule has 0 bridgehead atoms. The van der Waals surface area contributed by atoms with Gasteiger partial charge in [0, 0.05) is 18.7 Å². The van der Waals surface area contributed by atoms with Gasteiger partial charge in [0.2, 0.25) is 0 Å². The second-order valence-corrected chi connectivity index (χ2v) is 3.61. The van der Waals surface area contributed by atoms with Gasteiger partial charge in [-0.25, -0.2) is 9.97 Å². The number of nitrogens with one attached hydrogen (secondary N) is 2. The van der Waals surface area contributed by atoms with Crippen LogP contribution in [0.5, 0.6) is 0 Å². The molecular formula is C11H20N4. The minimum atomic E-state index is 0.440. The van der Waals surface area contributed by atoms with E-state index in [1.807, 2.05) is 7.05 Å². The molecule has 0 aliphatic rings. The topological polar surface area (TPSA) is 49.8 Å². The highest BCUT2D eigenvalue weighted by Crippen LogP contribution is 2.20. The summed E-state index contributed by atoms with van der Waals surface area (Å²) in [6.45, 7) is 6.42. The lowest BCUT2D eigenvalue weighted by Crippen LogP contribution is -2.17. The molecule has 4 heteroatoms. The van der Waals surface area contributed by atoms with Gasteiger partial charge in [0.25, 0.3) is 0 Å². The van der Waals surface area contributed by atoms with Crippen LogP contribution in [0.4, 0.5) is 11.6 Å². The molecule has 1 aromatic rings. The van der Waals surface area contributed by atoms with Gasteiger partial charge in [-0.1, -0.05) is 13.8 Å². The number of anilines is 2. The summed E-state index contributed by atoms with van der Waals surface area (Å²) in [5, 5.41) is 6.48. The summed E-state index contributed by atoms with van der Waals surface area (Å²) in [7, 11) is 1.88. The van der Waals surface area contributed by atoms with Crippen molar-refractivity contribution in [1.82, 2.24) is 9.97 Å². The van der Waals surface area contributed by atoms with Gasteiger partial charge in [-0.2, -0.15) is 0 Å². The average Bonchev–Trinajstić information content (AvgIpc) is 2.28. The fraction of sp³-hybridized carbons (Fsp3) is 0.636. The molecule has 1 aromatic heterocycles. The third-order valence-electron chi connectivity index (χ3n) is 2.53. The molecular weight excluding hydrogens is 188 g/mol. The molecule has 15 heavy (non-hydrogen) atoms. The zero-order chi connectivity index (χ0) is 11.3. The first-order valence-corrected chi connectivity index (χ1v) is 5.51. The molecule has 2 N–H and O–H groups in total. The normalized spacial score (nSPS) is 12.3. The van der Waals surface area contributed by atoms with E-state index in [4.69, 9.17) is 0 Å². The maximum Gasteiger partial charge on any atom is 0.134 e. The van der Waals surface area contributed by atoms with E-state index in [0.717, 1.165) is 30.0 Å². The third-order valence-corrected chi connectivity index (χ3v) is 2.53. The molecule has 0 radical (unpaired) electrons. The fourth-order valence-corrected chi connectivity index (χ4v) is 1.42. The van der Waals surface area contributed by atoms with E-state index in [9.17, 15) is 0 Å². The monoisotopic (exact) mass is 208 g/mol. The van der Waals surface area contributed by atoms with Crippen LogP contribution in [0.1, 0.15) is 32.8 Å². The lowest BCUT2D eigenvalue weighted by Gasteiger charge is -2.16. The highest BCUT2D eigenvalue weighted by Gasteiger charge is 2.09. The minimum absolute atomic E-state index is 0.440. The molecule has 4 nitrogen and oxygen atoms in total. The first kappa shape index (κ1) is 11.8. The second-order valence-electron chi connectivity index (χ2n) is 3.61. The summed E-state index contributed by atoms with van der Waals surface area (Å²) in [6.07, 6.45) is 3.60. The van der Waals surface area contributed by atoms with Crippen LogP contribution in [0.2, 0.25) is 0 Å². The Morgan fingerprint density at radius 1 is 1.27 bits per heavy atom. The van der Waals surface area contributed by atoms with Crippen molar-refractivity contribution in [3.05, 3.63) is 11.9 Å². The van der Waals surface area contributed by atoms with Crippen molar-refractivity contribution in [2.75, 3.05) is 17.7 Å². The Morgan fingerprint density at radius 2 is 1.93 bits per heavy atom. The second kappa shape index (κ2) is 5.53. The summed E-state index contributed by atoms with van der Waals surface area (Å²) >= 11 is 0. The van der Waals surface area contributed by atoms with Crippen molar-refractivity contribution in [3.8, 4) is 0 Å². The molecule has 0 aromatic carbocycles. The number of rotatable bonds is 5. The predicted molar refractivity (Wildman–Crippen MR) is 64.3 cm³/mol. The van der Waals surface area contributed by atoms with E-state index in [0.29, 0.717) is 6.04 Å². The molecule has 1 rings (SSSR count). The van der Waals surface area contributed by atoms with Gasteiger partial charge in [0.1, 0.15) is 18.0 Å². The molecule has 0 fully saturated rings. The largest absolute Gasteiger partial charge is 0.373 e. The summed E-state index contributed by atoms with van der Waals surface area (Å²) < 4.78 is 0. The standard InChI is InChI=1S/C11H20N4/c1-5-8(3)15-11-9(6-2)10(12-4)13-7-14-11/h7-8H,5-6H2,1-4H3,(H2,12,13,14,15). The molecule has 1 heterocycles. The smallest absolute Gasteiger partial charge is 0.134 e. The van der Waals surface area contributed by atoms with Crippen molar-refractivity contribution in [1.29, 1.82) is 0 Å². The van der Waals surface area contributed by atoms with Gasteiger partial charge in [-0.3, -0.25) is 0 Å². The van der Waals surface area contributed by atoms with Crippen molar-refractivity contribution >= 4 is 11.6 Å². The number of hydrogen-bond acceptors (Lipinski definition) is 4. The molecule has 0 aliphatic carbocycles. The van der Waals surface area contributed by atoms with Crippen LogP contribution in [-0.2, 0) is 6.42 Å². The molecule has 1 atom stereocenters. The van der Waals surface area contributed by atoms with Crippen molar-refractivity contribution in [3.63, 3.8) is 0 Å². The van der Waals surface area contributed by atoms with Crippen LogP contribution >= 0.6 is 0 Å². The predicted octanol–water partition coefficient (Wildman–Crippen LogP) is 2.29. The summed E-state index contributed by atoms with van der Waals surface area (Å²) in [5.74, 6) is 1.87. The number of aromatic nitrogens is 2. The quantitative estimate of drug-likeness (QED) is 0.779. The zero-order valence-corrected chi connectivity index (χ0v) is 9.96. The van der Waals surface area contributed by atoms with Crippen LogP contribution in [0.15, 0.2) is 6.33 Å². The maximum atomic E-state index is 4.28. The Labute approximate surface area is 91.5 Å². The van der Waals surface area contributed by atoms with Crippen LogP contribution in [0.3, 0.4) is 0 Å². The molecule has 0 saturated carbocycles. The first-order chi connectivity index (χ1) is 7.22. The van der Waals surface area contributed by atoms with E-state index in [-0.39, 0.29) is 0 Å². The summed E-state index contributed by atoms with van der Waals surface area (Å²) in [5.41, 5.74) is 1.15. The highest BCUT2D eigenvalue weighted by atomic mass is 15.1. The van der Waals surface area contributed by atoms with E-state index >= 15 is 0 Å². The molecule has 1 unspecified atom stereocenters. The average molecular weight is 208 g/mol. The first-order valence-electron chi connectivity index (χ1n) is 5.51. The number of hydrogen-bond donors (Lipinski definition) is 2. The SMILES string of the molecule is CCc1c(NC)ncnc1NC(C)CC. The molecule has 0 amide bonds. The van der Waals surface area contributed by atoms with Crippen LogP contribution in [-0.4, -0.2) is 23.1 Å². The Kier molecular flexibility index (Phi) is 4.34. The molecule has 84 valence electrons. The van der Waals surface area contributed by atoms with Crippen molar-refractivity contribution in [2.24, 2.45) is 0 Å². The van der Waals surface area contributed by atoms with Gasteiger partial charge >= 0.3 is 0 Å². The van der Waals surface area contributed by atoms with Crippen LogP contribution < -0.4 is 10.6 Å². The molecule has 0 aliphatic heterocycles. The Bertz CT molecular complexity index is 311. The lowest BCUT2D eigenvalue weighted by atomic mass is 10.2. The van der Waals surface area contributed by atoms with Gasteiger partial charge in [-0.05, 0) is 19.8 Å². The van der Waals surface area contributed by atoms with Gasteiger partial charge in [0.05, 0.1) is 0 Å². The number of nitrogens with zero attached hydrogens (tertiary/aromatic N) is 2.